The Bertz CT molecular complexity index is 629. The molecule has 2 rings (SSSR count). The van der Waals surface area contributed by atoms with Gasteiger partial charge in [-0.25, -0.2) is 0 Å². The van der Waals surface area contributed by atoms with Gasteiger partial charge in [-0.05, 0) is 41.7 Å². The minimum absolute atomic E-state index is 0.0532. The van der Waals surface area contributed by atoms with Gasteiger partial charge in [-0.1, -0.05) is 39.0 Å². The highest BCUT2D eigenvalue weighted by molar-refractivity contribution is 5.96. The van der Waals surface area contributed by atoms with Gasteiger partial charge >= 0.3 is 0 Å². The van der Waals surface area contributed by atoms with Gasteiger partial charge in [0.2, 0.25) is 0 Å². The summed E-state index contributed by atoms with van der Waals surface area (Å²) in [5, 5.41) is 0. The lowest BCUT2D eigenvalue weighted by Gasteiger charge is -2.26. The normalized spacial score (nSPS) is 11.3. The molecule has 0 unspecified atom stereocenters. The molecule has 22 heavy (non-hydrogen) atoms. The first-order valence-electron chi connectivity index (χ1n) is 7.71. The zero-order valence-electron chi connectivity index (χ0n) is 13.8. The summed E-state index contributed by atoms with van der Waals surface area (Å²) < 4.78 is 0. The summed E-state index contributed by atoms with van der Waals surface area (Å²) in [7, 11) is 0. The van der Waals surface area contributed by atoms with Crippen molar-refractivity contribution < 1.29 is 4.79 Å². The van der Waals surface area contributed by atoms with Gasteiger partial charge in [0.15, 0.2) is 0 Å². The van der Waals surface area contributed by atoms with Gasteiger partial charge in [0.25, 0.3) is 5.91 Å². The summed E-state index contributed by atoms with van der Waals surface area (Å²) in [5.41, 5.74) is 2.93. The molecule has 0 spiro atoms. The first-order valence-corrected chi connectivity index (χ1v) is 7.71. The van der Waals surface area contributed by atoms with Gasteiger partial charge in [0.05, 0.1) is 0 Å². The van der Waals surface area contributed by atoms with E-state index < -0.39 is 0 Å². The highest BCUT2D eigenvalue weighted by Crippen LogP contribution is 2.26. The van der Waals surface area contributed by atoms with Gasteiger partial charge in [-0.2, -0.15) is 0 Å². The van der Waals surface area contributed by atoms with E-state index in [-0.39, 0.29) is 11.3 Å². The van der Waals surface area contributed by atoms with Crippen LogP contribution in [0.4, 0.5) is 0 Å². The highest BCUT2D eigenvalue weighted by Gasteiger charge is 2.23. The number of carbonyl (C=O) groups is 1. The summed E-state index contributed by atoms with van der Waals surface area (Å²) in [6.45, 7) is 9.71. The average Bonchev–Trinajstić information content (AvgIpc) is 2.52. The summed E-state index contributed by atoms with van der Waals surface area (Å²) in [6, 6.07) is 11.8. The van der Waals surface area contributed by atoms with Crippen LogP contribution in [0.3, 0.4) is 0 Å². The fraction of sp³-hybridized carbons (Fsp3) is 0.368. The van der Waals surface area contributed by atoms with Crippen LogP contribution in [-0.4, -0.2) is 22.3 Å². The van der Waals surface area contributed by atoms with Crippen LogP contribution < -0.4 is 0 Å². The Morgan fingerprint density at radius 3 is 2.32 bits per heavy atom. The third-order valence-corrected chi connectivity index (χ3v) is 3.76. The minimum Gasteiger partial charge on any atom is -0.335 e. The Morgan fingerprint density at radius 1 is 1.09 bits per heavy atom. The van der Waals surface area contributed by atoms with Crippen molar-refractivity contribution >= 4 is 5.91 Å². The average molecular weight is 296 g/mol. The number of nitrogens with zero attached hydrogens (tertiary/aromatic N) is 2. The molecule has 1 amide bonds. The van der Waals surface area contributed by atoms with Crippen LogP contribution in [0.25, 0.3) is 0 Å². The molecule has 0 radical (unpaired) electrons. The Balaban J connectivity index is 2.30. The summed E-state index contributed by atoms with van der Waals surface area (Å²) in [5.74, 6) is 0.0878. The molecule has 116 valence electrons. The number of pyridine rings is 1. The molecule has 0 N–H and O–H groups in total. The Kier molecular flexibility index (Phi) is 4.96. The van der Waals surface area contributed by atoms with E-state index in [9.17, 15) is 4.79 Å². The molecule has 0 aliphatic heterocycles. The van der Waals surface area contributed by atoms with Crippen molar-refractivity contribution in [1.29, 1.82) is 0 Å². The van der Waals surface area contributed by atoms with Crippen LogP contribution in [0.15, 0.2) is 48.8 Å². The lowest BCUT2D eigenvalue weighted by atomic mass is 9.83. The Labute approximate surface area is 133 Å². The van der Waals surface area contributed by atoms with Crippen molar-refractivity contribution in [2.45, 2.75) is 39.7 Å². The van der Waals surface area contributed by atoms with Crippen molar-refractivity contribution in [3.8, 4) is 0 Å². The van der Waals surface area contributed by atoms with Crippen molar-refractivity contribution in [3.05, 3.63) is 65.5 Å². The van der Waals surface area contributed by atoms with E-state index in [0.717, 1.165) is 16.7 Å². The fourth-order valence-electron chi connectivity index (χ4n) is 2.53. The first kappa shape index (κ1) is 16.2. The molecule has 0 aliphatic rings. The smallest absolute Gasteiger partial charge is 0.254 e. The predicted molar refractivity (Wildman–Crippen MR) is 89.8 cm³/mol. The second-order valence-corrected chi connectivity index (χ2v) is 6.47. The predicted octanol–water partition coefficient (Wildman–Crippen LogP) is 4.04. The quantitative estimate of drug-likeness (QED) is 0.853. The van der Waals surface area contributed by atoms with E-state index in [0.29, 0.717) is 13.1 Å². The second kappa shape index (κ2) is 6.73. The topological polar surface area (TPSA) is 33.2 Å². The van der Waals surface area contributed by atoms with Crippen LogP contribution in [0, 0.1) is 0 Å². The van der Waals surface area contributed by atoms with E-state index in [2.05, 4.69) is 25.8 Å². The third-order valence-electron chi connectivity index (χ3n) is 3.76. The maximum Gasteiger partial charge on any atom is 0.254 e. The maximum absolute atomic E-state index is 13.0. The number of aromatic nitrogens is 1. The number of amides is 1. The van der Waals surface area contributed by atoms with Crippen LogP contribution in [-0.2, 0) is 12.0 Å². The van der Waals surface area contributed by atoms with Crippen LogP contribution in [0.2, 0.25) is 0 Å². The SMILES string of the molecule is CCN(Cc1ccncc1)C(=O)c1ccccc1C(C)(C)C. The molecule has 3 nitrogen and oxygen atoms in total. The summed E-state index contributed by atoms with van der Waals surface area (Å²) >= 11 is 0. The van der Waals surface area contributed by atoms with E-state index in [1.165, 1.54) is 0 Å². The molecule has 0 bridgehead atoms. The molecule has 0 saturated heterocycles. The van der Waals surface area contributed by atoms with E-state index in [1.807, 2.05) is 48.2 Å². The molecular weight excluding hydrogens is 272 g/mol. The third kappa shape index (κ3) is 3.73. The molecule has 0 saturated carbocycles. The number of hydrogen-bond acceptors (Lipinski definition) is 2. The lowest BCUT2D eigenvalue weighted by Crippen LogP contribution is -2.32. The zero-order chi connectivity index (χ0) is 16.2. The van der Waals surface area contributed by atoms with Crippen LogP contribution in [0.1, 0.15) is 49.2 Å². The largest absolute Gasteiger partial charge is 0.335 e. The first-order chi connectivity index (χ1) is 10.4. The summed E-state index contributed by atoms with van der Waals surface area (Å²) in [6.07, 6.45) is 3.52. The van der Waals surface area contributed by atoms with Crippen LogP contribution >= 0.6 is 0 Å². The number of hydrogen-bond donors (Lipinski definition) is 0. The second-order valence-electron chi connectivity index (χ2n) is 6.47. The number of benzene rings is 1. The molecule has 2 aromatic rings. The van der Waals surface area contributed by atoms with Gasteiger partial charge in [0.1, 0.15) is 0 Å². The van der Waals surface area contributed by atoms with Crippen molar-refractivity contribution in [2.24, 2.45) is 0 Å². The standard InChI is InChI=1S/C19H24N2O/c1-5-21(14-15-10-12-20-13-11-15)18(22)16-8-6-7-9-17(16)19(2,3)4/h6-13H,5,14H2,1-4H3. The molecule has 0 aliphatic carbocycles. The van der Waals surface area contributed by atoms with E-state index >= 15 is 0 Å². The van der Waals surface area contributed by atoms with Gasteiger partial charge < -0.3 is 4.90 Å². The lowest BCUT2D eigenvalue weighted by molar-refractivity contribution is 0.0750. The van der Waals surface area contributed by atoms with Gasteiger partial charge in [0, 0.05) is 31.0 Å². The van der Waals surface area contributed by atoms with Crippen molar-refractivity contribution in [1.82, 2.24) is 9.88 Å². The maximum atomic E-state index is 13.0. The fourth-order valence-corrected chi connectivity index (χ4v) is 2.53. The van der Waals surface area contributed by atoms with Crippen molar-refractivity contribution in [2.75, 3.05) is 6.54 Å². The molecular formula is C19H24N2O. The Morgan fingerprint density at radius 2 is 1.73 bits per heavy atom. The molecule has 1 aromatic heterocycles. The monoisotopic (exact) mass is 296 g/mol. The molecule has 0 atom stereocenters. The van der Waals surface area contributed by atoms with E-state index in [1.54, 1.807) is 12.4 Å². The highest BCUT2D eigenvalue weighted by atomic mass is 16.2. The molecule has 3 heteroatoms. The number of rotatable bonds is 4. The molecule has 1 heterocycles. The molecule has 1 aromatic carbocycles. The van der Waals surface area contributed by atoms with Crippen molar-refractivity contribution in [3.63, 3.8) is 0 Å². The van der Waals surface area contributed by atoms with E-state index in [4.69, 9.17) is 0 Å². The van der Waals surface area contributed by atoms with Gasteiger partial charge in [-0.3, -0.25) is 9.78 Å². The summed E-state index contributed by atoms with van der Waals surface area (Å²) in [4.78, 5) is 18.9. The molecule has 0 fully saturated rings. The minimum atomic E-state index is -0.0532. The number of carbonyl (C=O) groups excluding carboxylic acids is 1. The van der Waals surface area contributed by atoms with Gasteiger partial charge in [-0.15, -0.1) is 0 Å². The zero-order valence-corrected chi connectivity index (χ0v) is 13.8. The van der Waals surface area contributed by atoms with Crippen LogP contribution in [0.5, 0.6) is 0 Å². The Hall–Kier alpha value is -2.16.